The van der Waals surface area contributed by atoms with Crippen molar-refractivity contribution in [2.45, 2.75) is 44.8 Å². The van der Waals surface area contributed by atoms with Crippen molar-refractivity contribution < 1.29 is 8.42 Å². The molecule has 2 aliphatic heterocycles. The molecule has 2 heterocycles. The van der Waals surface area contributed by atoms with Crippen LogP contribution in [0.2, 0.25) is 0 Å². The normalized spacial score (nSPS) is 26.5. The van der Waals surface area contributed by atoms with E-state index in [1.807, 2.05) is 0 Å². The summed E-state index contributed by atoms with van der Waals surface area (Å²) in [6.45, 7) is 8.89. The summed E-state index contributed by atoms with van der Waals surface area (Å²) in [5.41, 5.74) is 0.379. The lowest BCUT2D eigenvalue weighted by atomic mass is 9.78. The number of nitrogens with one attached hydrogen (secondary N) is 1. The van der Waals surface area contributed by atoms with Gasteiger partial charge in [0, 0.05) is 19.6 Å². The first-order valence-electron chi connectivity index (χ1n) is 6.47. The van der Waals surface area contributed by atoms with Gasteiger partial charge in [0.25, 0.3) is 0 Å². The highest BCUT2D eigenvalue weighted by atomic mass is 32.2. The average molecular weight is 260 g/mol. The largest absolute Gasteiger partial charge is 0.316 e. The van der Waals surface area contributed by atoms with Gasteiger partial charge in [0.2, 0.25) is 10.0 Å². The Labute approximate surface area is 105 Å². The molecule has 0 unspecified atom stereocenters. The standard InChI is InChI=1S/C12H24N2O2S/c1-11(2,3)17(15,16)14-8-5-12(6-9-14)4-7-13-10-12/h13H,4-10H2,1-3H3. The molecule has 1 spiro atoms. The van der Waals surface area contributed by atoms with Crippen molar-refractivity contribution in [3.8, 4) is 0 Å². The molecule has 0 aromatic rings. The SMILES string of the molecule is CC(C)(C)S(=O)(=O)N1CCC2(CCNC2)CC1. The van der Waals surface area contributed by atoms with Gasteiger partial charge in [-0.1, -0.05) is 0 Å². The molecule has 0 saturated carbocycles. The monoisotopic (exact) mass is 260 g/mol. The number of hydrogen-bond donors (Lipinski definition) is 1. The molecule has 0 aromatic carbocycles. The van der Waals surface area contributed by atoms with Gasteiger partial charge in [-0.05, 0) is 52.0 Å². The minimum atomic E-state index is -3.13. The van der Waals surface area contributed by atoms with Gasteiger partial charge in [0.05, 0.1) is 4.75 Å². The summed E-state index contributed by atoms with van der Waals surface area (Å²) >= 11 is 0. The summed E-state index contributed by atoms with van der Waals surface area (Å²) in [4.78, 5) is 0. The molecule has 0 bridgehead atoms. The average Bonchev–Trinajstić information content (AvgIpc) is 2.65. The van der Waals surface area contributed by atoms with Crippen molar-refractivity contribution in [1.82, 2.24) is 9.62 Å². The first-order valence-corrected chi connectivity index (χ1v) is 7.91. The topological polar surface area (TPSA) is 49.4 Å². The van der Waals surface area contributed by atoms with Crippen molar-refractivity contribution in [3.63, 3.8) is 0 Å². The van der Waals surface area contributed by atoms with Crippen LogP contribution in [-0.2, 0) is 10.0 Å². The highest BCUT2D eigenvalue weighted by Gasteiger charge is 2.42. The van der Waals surface area contributed by atoms with E-state index < -0.39 is 14.8 Å². The van der Waals surface area contributed by atoms with Crippen LogP contribution in [-0.4, -0.2) is 43.6 Å². The van der Waals surface area contributed by atoms with Crippen molar-refractivity contribution in [1.29, 1.82) is 0 Å². The van der Waals surface area contributed by atoms with E-state index in [-0.39, 0.29) is 0 Å². The van der Waals surface area contributed by atoms with Gasteiger partial charge in [-0.15, -0.1) is 0 Å². The molecular formula is C12H24N2O2S. The van der Waals surface area contributed by atoms with Crippen LogP contribution in [0.1, 0.15) is 40.0 Å². The van der Waals surface area contributed by atoms with Crippen LogP contribution in [0, 0.1) is 5.41 Å². The smallest absolute Gasteiger partial charge is 0.219 e. The van der Waals surface area contributed by atoms with Crippen LogP contribution in [0.4, 0.5) is 0 Å². The lowest BCUT2D eigenvalue weighted by Gasteiger charge is -2.40. The van der Waals surface area contributed by atoms with Gasteiger partial charge in [0.15, 0.2) is 0 Å². The third-order valence-corrected chi connectivity index (χ3v) is 6.82. The summed E-state index contributed by atoms with van der Waals surface area (Å²) in [6.07, 6.45) is 3.22. The maximum absolute atomic E-state index is 12.3. The number of nitrogens with zero attached hydrogens (tertiary/aromatic N) is 1. The lowest BCUT2D eigenvalue weighted by molar-refractivity contribution is 0.173. The highest BCUT2D eigenvalue weighted by molar-refractivity contribution is 7.90. The molecule has 5 heteroatoms. The zero-order valence-electron chi connectivity index (χ0n) is 11.1. The Hall–Kier alpha value is -0.130. The minimum absolute atomic E-state index is 0.379. The number of sulfonamides is 1. The van der Waals surface area contributed by atoms with Crippen LogP contribution in [0.3, 0.4) is 0 Å². The van der Waals surface area contributed by atoms with Gasteiger partial charge in [-0.25, -0.2) is 12.7 Å². The van der Waals surface area contributed by atoms with Crippen molar-refractivity contribution >= 4 is 10.0 Å². The van der Waals surface area contributed by atoms with E-state index in [1.165, 1.54) is 6.42 Å². The zero-order chi connectivity index (χ0) is 12.7. The number of rotatable bonds is 1. The van der Waals surface area contributed by atoms with Crippen LogP contribution in [0.15, 0.2) is 0 Å². The molecule has 2 fully saturated rings. The molecule has 1 N–H and O–H groups in total. The Morgan fingerprint density at radius 3 is 2.12 bits per heavy atom. The molecule has 4 nitrogen and oxygen atoms in total. The summed E-state index contributed by atoms with van der Waals surface area (Å²) in [6, 6.07) is 0. The molecule has 17 heavy (non-hydrogen) atoms. The summed E-state index contributed by atoms with van der Waals surface area (Å²) in [7, 11) is -3.13. The summed E-state index contributed by atoms with van der Waals surface area (Å²) in [5.74, 6) is 0. The van der Waals surface area contributed by atoms with Crippen molar-refractivity contribution in [2.75, 3.05) is 26.2 Å². The molecule has 2 aliphatic rings. The fourth-order valence-electron chi connectivity index (χ4n) is 2.81. The van der Waals surface area contributed by atoms with Crippen LogP contribution >= 0.6 is 0 Å². The first-order chi connectivity index (χ1) is 7.77. The van der Waals surface area contributed by atoms with Gasteiger partial charge in [-0.2, -0.15) is 0 Å². The molecule has 2 saturated heterocycles. The molecule has 100 valence electrons. The van der Waals surface area contributed by atoms with Gasteiger partial charge in [-0.3, -0.25) is 0 Å². The second-order valence-electron chi connectivity index (χ2n) is 6.44. The van der Waals surface area contributed by atoms with E-state index in [0.717, 1.165) is 25.9 Å². The Morgan fingerprint density at radius 2 is 1.71 bits per heavy atom. The third-order valence-electron chi connectivity index (χ3n) is 4.23. The molecule has 2 rings (SSSR count). The van der Waals surface area contributed by atoms with Crippen LogP contribution in [0.25, 0.3) is 0 Å². The molecule has 0 atom stereocenters. The van der Waals surface area contributed by atoms with Crippen LogP contribution in [0.5, 0.6) is 0 Å². The third kappa shape index (κ3) is 2.37. The molecule has 0 aromatic heterocycles. The predicted molar refractivity (Wildman–Crippen MR) is 69.4 cm³/mol. The molecule has 0 amide bonds. The van der Waals surface area contributed by atoms with E-state index in [1.54, 1.807) is 25.1 Å². The highest BCUT2D eigenvalue weighted by Crippen LogP contribution is 2.38. The quantitative estimate of drug-likeness (QED) is 0.770. The van der Waals surface area contributed by atoms with E-state index >= 15 is 0 Å². The number of hydrogen-bond acceptors (Lipinski definition) is 3. The summed E-state index contributed by atoms with van der Waals surface area (Å²) in [5, 5.41) is 3.40. The Balaban J connectivity index is 2.04. The maximum atomic E-state index is 12.3. The van der Waals surface area contributed by atoms with E-state index in [2.05, 4.69) is 5.32 Å². The Morgan fingerprint density at radius 1 is 1.12 bits per heavy atom. The molecule has 0 aliphatic carbocycles. The predicted octanol–water partition coefficient (Wildman–Crippen LogP) is 1.19. The fourth-order valence-corrected chi connectivity index (χ4v) is 4.25. The summed E-state index contributed by atoms with van der Waals surface area (Å²) < 4.78 is 25.7. The fraction of sp³-hybridized carbons (Fsp3) is 1.00. The molecule has 0 radical (unpaired) electrons. The van der Waals surface area contributed by atoms with Gasteiger partial charge < -0.3 is 5.32 Å². The second-order valence-corrected chi connectivity index (χ2v) is 9.13. The Kier molecular flexibility index (Phi) is 3.30. The van der Waals surface area contributed by atoms with E-state index in [0.29, 0.717) is 18.5 Å². The van der Waals surface area contributed by atoms with Crippen LogP contribution < -0.4 is 5.32 Å². The zero-order valence-corrected chi connectivity index (χ0v) is 11.9. The van der Waals surface area contributed by atoms with Gasteiger partial charge >= 0.3 is 0 Å². The Bertz CT molecular complexity index is 368. The first kappa shape index (κ1) is 13.3. The maximum Gasteiger partial charge on any atom is 0.219 e. The van der Waals surface area contributed by atoms with E-state index in [4.69, 9.17) is 0 Å². The second kappa shape index (κ2) is 4.21. The van der Waals surface area contributed by atoms with Crippen molar-refractivity contribution in [2.24, 2.45) is 5.41 Å². The minimum Gasteiger partial charge on any atom is -0.316 e. The number of piperidine rings is 1. The van der Waals surface area contributed by atoms with E-state index in [9.17, 15) is 8.42 Å². The lowest BCUT2D eigenvalue weighted by Crippen LogP contribution is -2.49. The van der Waals surface area contributed by atoms with Gasteiger partial charge in [0.1, 0.15) is 0 Å². The molecular weight excluding hydrogens is 236 g/mol. The van der Waals surface area contributed by atoms with Crippen molar-refractivity contribution in [3.05, 3.63) is 0 Å².